The highest BCUT2D eigenvalue weighted by atomic mass is 32.2. The molecule has 26 heavy (non-hydrogen) atoms. The molecule has 2 atom stereocenters. The Morgan fingerprint density at radius 1 is 1.00 bits per heavy atom. The van der Waals surface area contributed by atoms with Gasteiger partial charge in [-0.2, -0.15) is 8.42 Å². The third-order valence-electron chi connectivity index (χ3n) is 4.55. The van der Waals surface area contributed by atoms with Crippen LogP contribution in [0.3, 0.4) is 0 Å². The second-order valence-electron chi connectivity index (χ2n) is 6.79. The third-order valence-corrected chi connectivity index (χ3v) is 4.55. The first-order valence-corrected chi connectivity index (χ1v) is 10.5. The van der Waals surface area contributed by atoms with Crippen LogP contribution in [0, 0.1) is 5.92 Å². The van der Waals surface area contributed by atoms with Crippen LogP contribution in [0.2, 0.25) is 0 Å². The molecule has 1 saturated heterocycles. The van der Waals surface area contributed by atoms with Gasteiger partial charge in [0.2, 0.25) is 0 Å². The molecule has 1 heterocycles. The van der Waals surface area contributed by atoms with E-state index in [0.29, 0.717) is 12.2 Å². The summed E-state index contributed by atoms with van der Waals surface area (Å²) in [5.41, 5.74) is 2.59. The Morgan fingerprint density at radius 2 is 1.42 bits per heavy atom. The van der Waals surface area contributed by atoms with Gasteiger partial charge in [0.25, 0.3) is 10.1 Å². The highest BCUT2D eigenvalue weighted by Crippen LogP contribution is 2.32. The summed E-state index contributed by atoms with van der Waals surface area (Å²) in [7, 11) is -3.67. The fraction of sp³-hybridized carbons (Fsp3) is 0.400. The van der Waals surface area contributed by atoms with Gasteiger partial charge in [-0.1, -0.05) is 67.6 Å². The highest BCUT2D eigenvalue weighted by Gasteiger charge is 2.30. The molecule has 0 saturated carbocycles. The fourth-order valence-electron chi connectivity index (χ4n) is 3.19. The number of β-amino-alcohol motifs (C(OH)–C–C–N with tert-alkyl or cyclic N) is 1. The molecule has 2 aromatic carbocycles. The second kappa shape index (κ2) is 9.28. The Kier molecular flexibility index (Phi) is 7.34. The maximum Gasteiger partial charge on any atom is 0.261 e. The standard InChI is InChI=1S/C19H23NO.CH4O3S/c1-15-12-13-20(14-18(15)21)19(16-8-4-2-5-9-16)17-10-6-3-7-11-17;1-5(2,3)4/h2-11,15,18-19,21H,12-14H2,1H3;1H3,(H,2,3,4). The molecule has 0 spiro atoms. The number of nitrogens with zero attached hydrogens (tertiary/aromatic N) is 1. The summed E-state index contributed by atoms with van der Waals surface area (Å²) in [5.74, 6) is 0.397. The lowest BCUT2D eigenvalue weighted by Crippen LogP contribution is -2.44. The van der Waals surface area contributed by atoms with Crippen molar-refractivity contribution >= 4 is 10.1 Å². The van der Waals surface area contributed by atoms with Gasteiger partial charge < -0.3 is 5.11 Å². The van der Waals surface area contributed by atoms with Crippen molar-refractivity contribution in [2.45, 2.75) is 25.5 Å². The van der Waals surface area contributed by atoms with Gasteiger partial charge in [0, 0.05) is 6.54 Å². The minimum absolute atomic E-state index is 0.228. The number of aliphatic hydroxyl groups is 1. The van der Waals surface area contributed by atoms with E-state index < -0.39 is 10.1 Å². The molecular weight excluding hydrogens is 350 g/mol. The number of aliphatic hydroxyl groups excluding tert-OH is 1. The van der Waals surface area contributed by atoms with E-state index in [-0.39, 0.29) is 12.1 Å². The molecule has 1 aliphatic heterocycles. The summed E-state index contributed by atoms with van der Waals surface area (Å²) >= 11 is 0. The predicted molar refractivity (Wildman–Crippen MR) is 104 cm³/mol. The van der Waals surface area contributed by atoms with E-state index >= 15 is 0 Å². The Labute approximate surface area is 156 Å². The monoisotopic (exact) mass is 377 g/mol. The van der Waals surface area contributed by atoms with Gasteiger partial charge in [-0.05, 0) is 30.0 Å². The van der Waals surface area contributed by atoms with Gasteiger partial charge in [0.1, 0.15) is 0 Å². The largest absolute Gasteiger partial charge is 0.392 e. The molecule has 2 aromatic rings. The Morgan fingerprint density at radius 3 is 1.81 bits per heavy atom. The molecule has 1 aliphatic rings. The summed E-state index contributed by atoms with van der Waals surface area (Å²) in [4.78, 5) is 2.41. The molecule has 0 radical (unpaired) electrons. The van der Waals surface area contributed by atoms with E-state index in [4.69, 9.17) is 4.55 Å². The first kappa shape index (κ1) is 20.6. The van der Waals surface area contributed by atoms with Gasteiger partial charge in [-0.3, -0.25) is 9.45 Å². The van der Waals surface area contributed by atoms with E-state index in [1.165, 1.54) is 11.1 Å². The van der Waals surface area contributed by atoms with Crippen molar-refractivity contribution in [3.8, 4) is 0 Å². The zero-order valence-electron chi connectivity index (χ0n) is 15.2. The normalized spacial score (nSPS) is 21.1. The summed E-state index contributed by atoms with van der Waals surface area (Å²) < 4.78 is 25.9. The average Bonchev–Trinajstić information content (AvgIpc) is 2.59. The van der Waals surface area contributed by atoms with E-state index in [2.05, 4.69) is 72.5 Å². The molecule has 1 fully saturated rings. The van der Waals surface area contributed by atoms with Crippen LogP contribution in [0.1, 0.15) is 30.5 Å². The van der Waals surface area contributed by atoms with Crippen molar-refractivity contribution in [3.63, 3.8) is 0 Å². The van der Waals surface area contributed by atoms with E-state index in [9.17, 15) is 13.5 Å². The molecule has 0 bridgehead atoms. The zero-order valence-corrected chi connectivity index (χ0v) is 16.0. The quantitative estimate of drug-likeness (QED) is 0.804. The lowest BCUT2D eigenvalue weighted by atomic mass is 9.91. The van der Waals surface area contributed by atoms with Crippen LogP contribution in [0.25, 0.3) is 0 Å². The smallest absolute Gasteiger partial charge is 0.261 e. The summed E-state index contributed by atoms with van der Waals surface area (Å²) in [6.45, 7) is 3.92. The summed E-state index contributed by atoms with van der Waals surface area (Å²) in [5, 5.41) is 10.2. The van der Waals surface area contributed by atoms with Crippen LogP contribution in [-0.4, -0.2) is 48.4 Å². The topological polar surface area (TPSA) is 77.8 Å². The molecule has 0 aliphatic carbocycles. The predicted octanol–water partition coefficient (Wildman–Crippen LogP) is 2.98. The molecule has 2 N–H and O–H groups in total. The van der Waals surface area contributed by atoms with Crippen molar-refractivity contribution in [2.75, 3.05) is 19.3 Å². The van der Waals surface area contributed by atoms with Gasteiger partial charge in [-0.15, -0.1) is 0 Å². The number of rotatable bonds is 3. The second-order valence-corrected chi connectivity index (χ2v) is 8.25. The summed E-state index contributed by atoms with van der Waals surface area (Å²) in [6, 6.07) is 21.4. The molecule has 6 heteroatoms. The molecular formula is C20H27NO4S. The molecule has 5 nitrogen and oxygen atoms in total. The van der Waals surface area contributed by atoms with E-state index in [1.807, 2.05) is 0 Å². The Balaban J connectivity index is 0.000000431. The number of benzene rings is 2. The Hall–Kier alpha value is -1.73. The van der Waals surface area contributed by atoms with Gasteiger partial charge >= 0.3 is 0 Å². The van der Waals surface area contributed by atoms with Crippen LogP contribution < -0.4 is 0 Å². The highest BCUT2D eigenvalue weighted by molar-refractivity contribution is 7.85. The maximum absolute atomic E-state index is 10.2. The Bertz CT molecular complexity index is 717. The zero-order chi connectivity index (χ0) is 19.2. The minimum Gasteiger partial charge on any atom is -0.392 e. The number of likely N-dealkylation sites (tertiary alicyclic amines) is 1. The number of hydrogen-bond donors (Lipinski definition) is 2. The lowest BCUT2D eigenvalue weighted by Gasteiger charge is -2.39. The van der Waals surface area contributed by atoms with E-state index in [0.717, 1.165) is 19.5 Å². The van der Waals surface area contributed by atoms with Crippen molar-refractivity contribution in [2.24, 2.45) is 5.92 Å². The van der Waals surface area contributed by atoms with Crippen LogP contribution in [0.5, 0.6) is 0 Å². The van der Waals surface area contributed by atoms with Crippen molar-refractivity contribution in [1.82, 2.24) is 4.90 Å². The van der Waals surface area contributed by atoms with Crippen molar-refractivity contribution in [1.29, 1.82) is 0 Å². The number of piperidine rings is 1. The van der Waals surface area contributed by atoms with Gasteiger partial charge in [0.15, 0.2) is 0 Å². The van der Waals surface area contributed by atoms with Crippen LogP contribution in [0.4, 0.5) is 0 Å². The molecule has 142 valence electrons. The van der Waals surface area contributed by atoms with Crippen molar-refractivity contribution in [3.05, 3.63) is 71.8 Å². The molecule has 2 unspecified atom stereocenters. The molecule has 3 rings (SSSR count). The SMILES string of the molecule is CC1CCN(C(c2ccccc2)c2ccccc2)CC1O.CS(=O)(=O)O. The third kappa shape index (κ3) is 6.53. The minimum atomic E-state index is -3.67. The summed E-state index contributed by atoms with van der Waals surface area (Å²) in [6.07, 6.45) is 1.54. The first-order valence-electron chi connectivity index (χ1n) is 8.70. The van der Waals surface area contributed by atoms with Crippen molar-refractivity contribution < 1.29 is 18.1 Å². The first-order chi connectivity index (χ1) is 12.3. The van der Waals surface area contributed by atoms with Crippen LogP contribution in [0.15, 0.2) is 60.7 Å². The average molecular weight is 378 g/mol. The fourth-order valence-corrected chi connectivity index (χ4v) is 3.19. The van der Waals surface area contributed by atoms with Crippen LogP contribution >= 0.6 is 0 Å². The molecule has 0 aromatic heterocycles. The van der Waals surface area contributed by atoms with Gasteiger partial charge in [0.05, 0.1) is 18.4 Å². The van der Waals surface area contributed by atoms with E-state index in [1.54, 1.807) is 0 Å². The number of hydrogen-bond acceptors (Lipinski definition) is 4. The van der Waals surface area contributed by atoms with Crippen LogP contribution in [-0.2, 0) is 10.1 Å². The van der Waals surface area contributed by atoms with Gasteiger partial charge in [-0.25, -0.2) is 0 Å². The molecule has 0 amide bonds. The maximum atomic E-state index is 10.2. The lowest BCUT2D eigenvalue weighted by molar-refractivity contribution is 0.0166.